The van der Waals surface area contributed by atoms with E-state index in [1.165, 1.54) is 17.8 Å². The third-order valence-electron chi connectivity index (χ3n) is 3.02. The van der Waals surface area contributed by atoms with E-state index < -0.39 is 11.6 Å². The summed E-state index contributed by atoms with van der Waals surface area (Å²) in [5.41, 5.74) is -0.0364. The summed E-state index contributed by atoms with van der Waals surface area (Å²) in [7, 11) is 0. The second kappa shape index (κ2) is 5.80. The fraction of sp³-hybridized carbons (Fsp3) is 0.308. The van der Waals surface area contributed by atoms with Gasteiger partial charge >= 0.3 is 0 Å². The van der Waals surface area contributed by atoms with Crippen molar-refractivity contribution in [1.82, 2.24) is 14.8 Å². The highest BCUT2D eigenvalue weighted by Gasteiger charge is 2.26. The minimum Gasteiger partial charge on any atom is -0.323 e. The van der Waals surface area contributed by atoms with Gasteiger partial charge in [-0.3, -0.25) is 4.79 Å². The van der Waals surface area contributed by atoms with Crippen LogP contribution in [-0.2, 0) is 4.79 Å². The number of carbonyl (C=O) groups is 1. The Balaban J connectivity index is 1.57. The minimum absolute atomic E-state index is 0.0364. The number of hydrogen-bond acceptors (Lipinski definition) is 4. The van der Waals surface area contributed by atoms with Crippen LogP contribution >= 0.6 is 11.8 Å². The average Bonchev–Trinajstić information content (AvgIpc) is 3.18. The van der Waals surface area contributed by atoms with Gasteiger partial charge in [0.05, 0.1) is 11.4 Å². The number of nitrogens with one attached hydrogen (secondary N) is 1. The molecule has 0 atom stereocenters. The van der Waals surface area contributed by atoms with Gasteiger partial charge < -0.3 is 9.88 Å². The number of anilines is 1. The van der Waals surface area contributed by atoms with Crippen LogP contribution in [0, 0.1) is 11.6 Å². The third-order valence-corrected chi connectivity index (χ3v) is 3.98. The van der Waals surface area contributed by atoms with E-state index in [0.29, 0.717) is 11.2 Å². The lowest BCUT2D eigenvalue weighted by Crippen LogP contribution is -2.15. The van der Waals surface area contributed by atoms with Gasteiger partial charge in [-0.05, 0) is 25.0 Å². The molecule has 1 aromatic heterocycles. The Morgan fingerprint density at radius 2 is 2.24 bits per heavy atom. The van der Waals surface area contributed by atoms with Crippen LogP contribution in [0.3, 0.4) is 0 Å². The summed E-state index contributed by atoms with van der Waals surface area (Å²) in [5, 5.41) is 10.9. The van der Waals surface area contributed by atoms with Gasteiger partial charge in [-0.2, -0.15) is 0 Å². The number of hydrogen-bond donors (Lipinski definition) is 1. The zero-order chi connectivity index (χ0) is 14.8. The standard InChI is InChI=1S/C13H12F2N4OS/c14-8-1-4-11(10(15)5-8)17-12(20)6-21-13-18-16-7-19(13)9-2-3-9/h1,4-5,7,9H,2-3,6H2,(H,17,20). The first-order chi connectivity index (χ1) is 10.1. The molecule has 1 saturated carbocycles. The van der Waals surface area contributed by atoms with Gasteiger partial charge in [0.15, 0.2) is 5.16 Å². The zero-order valence-electron chi connectivity index (χ0n) is 10.9. The van der Waals surface area contributed by atoms with E-state index in [4.69, 9.17) is 0 Å². The van der Waals surface area contributed by atoms with Crippen LogP contribution in [0.5, 0.6) is 0 Å². The Labute approximate surface area is 123 Å². The van der Waals surface area contributed by atoms with Crippen molar-refractivity contribution in [3.63, 3.8) is 0 Å². The zero-order valence-corrected chi connectivity index (χ0v) is 11.7. The second-order valence-electron chi connectivity index (χ2n) is 4.71. The lowest BCUT2D eigenvalue weighted by atomic mass is 10.3. The van der Waals surface area contributed by atoms with Crippen molar-refractivity contribution in [3.8, 4) is 0 Å². The fourth-order valence-electron chi connectivity index (χ4n) is 1.85. The van der Waals surface area contributed by atoms with Crippen LogP contribution in [0.25, 0.3) is 0 Å². The molecule has 0 aliphatic heterocycles. The number of benzene rings is 1. The summed E-state index contributed by atoms with van der Waals surface area (Å²) in [4.78, 5) is 11.8. The van der Waals surface area contributed by atoms with Gasteiger partial charge in [-0.1, -0.05) is 11.8 Å². The van der Waals surface area contributed by atoms with Gasteiger partial charge in [-0.15, -0.1) is 10.2 Å². The van der Waals surface area contributed by atoms with E-state index in [1.54, 1.807) is 6.33 Å². The molecule has 110 valence electrons. The van der Waals surface area contributed by atoms with Gasteiger partial charge in [0.25, 0.3) is 0 Å². The molecule has 1 heterocycles. The highest BCUT2D eigenvalue weighted by molar-refractivity contribution is 7.99. The van der Waals surface area contributed by atoms with Gasteiger partial charge in [0.2, 0.25) is 5.91 Å². The maximum Gasteiger partial charge on any atom is 0.234 e. The molecule has 2 aromatic rings. The van der Waals surface area contributed by atoms with E-state index in [2.05, 4.69) is 15.5 Å². The molecular weight excluding hydrogens is 298 g/mol. The monoisotopic (exact) mass is 310 g/mol. The summed E-state index contributed by atoms with van der Waals surface area (Å²) in [6, 6.07) is 3.45. The molecule has 0 radical (unpaired) electrons. The summed E-state index contributed by atoms with van der Waals surface area (Å²) < 4.78 is 28.1. The molecule has 1 aliphatic carbocycles. The summed E-state index contributed by atoms with van der Waals surface area (Å²) in [5.74, 6) is -1.77. The quantitative estimate of drug-likeness (QED) is 0.863. The molecule has 0 unspecified atom stereocenters. The molecule has 0 bridgehead atoms. The van der Waals surface area contributed by atoms with E-state index in [0.717, 1.165) is 25.0 Å². The molecule has 1 N–H and O–H groups in total. The van der Waals surface area contributed by atoms with E-state index >= 15 is 0 Å². The van der Waals surface area contributed by atoms with Crippen LogP contribution < -0.4 is 5.32 Å². The Hall–Kier alpha value is -1.96. The van der Waals surface area contributed by atoms with Crippen molar-refractivity contribution in [2.45, 2.75) is 24.0 Å². The maximum absolute atomic E-state index is 13.4. The minimum atomic E-state index is -0.797. The van der Waals surface area contributed by atoms with Crippen molar-refractivity contribution in [1.29, 1.82) is 0 Å². The Morgan fingerprint density at radius 3 is 2.95 bits per heavy atom. The number of aromatic nitrogens is 3. The number of rotatable bonds is 5. The number of carbonyl (C=O) groups excluding carboxylic acids is 1. The molecule has 1 aliphatic rings. The van der Waals surface area contributed by atoms with Crippen LogP contribution in [0.4, 0.5) is 14.5 Å². The fourth-order valence-corrected chi connectivity index (χ4v) is 2.63. The van der Waals surface area contributed by atoms with Crippen molar-refractivity contribution < 1.29 is 13.6 Å². The largest absolute Gasteiger partial charge is 0.323 e. The molecule has 0 saturated heterocycles. The molecule has 1 amide bonds. The Kier molecular flexibility index (Phi) is 3.87. The highest BCUT2D eigenvalue weighted by atomic mass is 32.2. The number of nitrogens with zero attached hydrogens (tertiary/aromatic N) is 3. The van der Waals surface area contributed by atoms with E-state index in [1.807, 2.05) is 4.57 Å². The molecule has 1 fully saturated rings. The average molecular weight is 310 g/mol. The predicted molar refractivity (Wildman–Crippen MR) is 74.0 cm³/mol. The smallest absolute Gasteiger partial charge is 0.234 e. The summed E-state index contributed by atoms with van der Waals surface area (Å²) >= 11 is 1.24. The molecule has 5 nitrogen and oxygen atoms in total. The molecule has 21 heavy (non-hydrogen) atoms. The van der Waals surface area contributed by atoms with Crippen molar-refractivity contribution >= 4 is 23.4 Å². The lowest BCUT2D eigenvalue weighted by Gasteiger charge is -2.07. The first kappa shape index (κ1) is 14.0. The van der Waals surface area contributed by atoms with Crippen LogP contribution in [0.15, 0.2) is 29.7 Å². The highest BCUT2D eigenvalue weighted by Crippen LogP contribution is 2.37. The SMILES string of the molecule is O=C(CSc1nncn1C1CC1)Nc1ccc(F)cc1F. The van der Waals surface area contributed by atoms with Crippen LogP contribution in [0.1, 0.15) is 18.9 Å². The van der Waals surface area contributed by atoms with Crippen LogP contribution in [0.2, 0.25) is 0 Å². The van der Waals surface area contributed by atoms with Gasteiger partial charge in [-0.25, -0.2) is 8.78 Å². The first-order valence-corrected chi connectivity index (χ1v) is 7.39. The predicted octanol–water partition coefficient (Wildman–Crippen LogP) is 2.62. The molecular formula is C13H12F2N4OS. The molecule has 1 aromatic carbocycles. The number of halogens is 2. The van der Waals surface area contributed by atoms with Crippen molar-refractivity contribution in [2.24, 2.45) is 0 Å². The number of amides is 1. The summed E-state index contributed by atoms with van der Waals surface area (Å²) in [6.07, 6.45) is 3.84. The van der Waals surface area contributed by atoms with Crippen molar-refractivity contribution in [2.75, 3.05) is 11.1 Å². The Morgan fingerprint density at radius 1 is 1.43 bits per heavy atom. The Bertz CT molecular complexity index is 672. The summed E-state index contributed by atoms with van der Waals surface area (Å²) in [6.45, 7) is 0. The molecule has 8 heteroatoms. The normalized spacial score (nSPS) is 14.2. The topological polar surface area (TPSA) is 59.8 Å². The van der Waals surface area contributed by atoms with E-state index in [-0.39, 0.29) is 17.3 Å². The molecule has 3 rings (SSSR count). The molecule has 0 spiro atoms. The second-order valence-corrected chi connectivity index (χ2v) is 5.66. The number of thioether (sulfide) groups is 1. The van der Waals surface area contributed by atoms with E-state index in [9.17, 15) is 13.6 Å². The van der Waals surface area contributed by atoms with Crippen LogP contribution in [-0.4, -0.2) is 26.4 Å². The van der Waals surface area contributed by atoms with Gasteiger partial charge in [0, 0.05) is 12.1 Å². The lowest BCUT2D eigenvalue weighted by molar-refractivity contribution is -0.113. The maximum atomic E-state index is 13.4. The first-order valence-electron chi connectivity index (χ1n) is 6.40. The van der Waals surface area contributed by atoms with Gasteiger partial charge in [0.1, 0.15) is 18.0 Å². The van der Waals surface area contributed by atoms with Crippen molar-refractivity contribution in [3.05, 3.63) is 36.2 Å². The third kappa shape index (κ3) is 3.38.